The third kappa shape index (κ3) is 4.51. The number of esters is 2. The van der Waals surface area contributed by atoms with Crippen LogP contribution < -0.4 is 0 Å². The van der Waals surface area contributed by atoms with Crippen LogP contribution in [0.2, 0.25) is 0 Å². The lowest BCUT2D eigenvalue weighted by molar-refractivity contribution is -0.156. The molecule has 0 radical (unpaired) electrons. The Hall–Kier alpha value is -0.580. The molecule has 5 heteroatoms. The van der Waals surface area contributed by atoms with Gasteiger partial charge in [0, 0.05) is 6.42 Å². The van der Waals surface area contributed by atoms with Crippen LogP contribution in [-0.2, 0) is 19.1 Å². The molecule has 1 aliphatic rings. The first-order valence-corrected chi connectivity index (χ1v) is 6.72. The van der Waals surface area contributed by atoms with Crippen LogP contribution in [0.5, 0.6) is 0 Å². The highest BCUT2D eigenvalue weighted by Gasteiger charge is 2.25. The molecule has 92 valence electrons. The monoisotopic (exact) mass is 292 g/mol. The van der Waals surface area contributed by atoms with E-state index in [9.17, 15) is 9.59 Å². The van der Waals surface area contributed by atoms with Crippen molar-refractivity contribution in [2.75, 3.05) is 5.33 Å². The van der Waals surface area contributed by atoms with E-state index in [0.717, 1.165) is 25.7 Å². The lowest BCUT2D eigenvalue weighted by atomic mass is 9.95. The minimum atomic E-state index is -0.228. The molecule has 0 heterocycles. The van der Waals surface area contributed by atoms with Gasteiger partial charge in [-0.1, -0.05) is 22.9 Å². The van der Waals surface area contributed by atoms with E-state index >= 15 is 0 Å². The van der Waals surface area contributed by atoms with E-state index in [2.05, 4.69) is 15.9 Å². The summed E-state index contributed by atoms with van der Waals surface area (Å²) in [6, 6.07) is 0. The smallest absolute Gasteiger partial charge is 0.316 e. The van der Waals surface area contributed by atoms with Crippen LogP contribution in [0.15, 0.2) is 0 Å². The largest absolute Gasteiger partial charge is 0.462 e. The fourth-order valence-corrected chi connectivity index (χ4v) is 1.89. The third-order valence-electron chi connectivity index (χ3n) is 2.62. The highest BCUT2D eigenvalue weighted by atomic mass is 79.9. The summed E-state index contributed by atoms with van der Waals surface area (Å²) in [5.41, 5.74) is 0. The average Bonchev–Trinajstić information content (AvgIpc) is 2.31. The molecule has 0 bridgehead atoms. The molecule has 0 aromatic heterocycles. The highest BCUT2D eigenvalue weighted by molar-refractivity contribution is 9.09. The van der Waals surface area contributed by atoms with Gasteiger partial charge in [0.2, 0.25) is 0 Å². The first-order valence-electron chi connectivity index (χ1n) is 5.60. The molecule has 0 atom stereocenters. The molecule has 4 nitrogen and oxygen atoms in total. The Balaban J connectivity index is 2.23. The molecule has 0 saturated heterocycles. The van der Waals surface area contributed by atoms with E-state index in [-0.39, 0.29) is 29.5 Å². The summed E-state index contributed by atoms with van der Waals surface area (Å²) in [6.45, 7) is 1.78. The Morgan fingerprint density at radius 2 is 1.50 bits per heavy atom. The molecule has 0 N–H and O–H groups in total. The number of hydrogen-bond acceptors (Lipinski definition) is 4. The normalized spacial score (nSPS) is 24.9. The van der Waals surface area contributed by atoms with Gasteiger partial charge in [0.05, 0.1) is 0 Å². The summed E-state index contributed by atoms with van der Waals surface area (Å²) in [7, 11) is 0. The molecule has 1 rings (SSSR count). The molecule has 0 aromatic rings. The van der Waals surface area contributed by atoms with E-state index < -0.39 is 0 Å². The lowest BCUT2D eigenvalue weighted by Gasteiger charge is -2.27. The number of hydrogen-bond donors (Lipinski definition) is 0. The van der Waals surface area contributed by atoms with Gasteiger partial charge in [-0.2, -0.15) is 0 Å². The summed E-state index contributed by atoms with van der Waals surface area (Å²) in [5.74, 6) is -0.380. The van der Waals surface area contributed by atoms with Crippen molar-refractivity contribution in [2.45, 2.75) is 51.2 Å². The summed E-state index contributed by atoms with van der Waals surface area (Å²) < 4.78 is 10.4. The molecule has 0 amide bonds. The summed E-state index contributed by atoms with van der Waals surface area (Å²) in [4.78, 5) is 22.1. The standard InChI is InChI=1S/C11H17BrO4/c1-2-10(13)15-8-3-5-9(6-4-8)16-11(14)7-12/h8-9H,2-7H2,1H3. The summed E-state index contributed by atoms with van der Waals surface area (Å²) in [6.07, 6.45) is 3.53. The molecule has 0 aromatic carbocycles. The van der Waals surface area contributed by atoms with Crippen LogP contribution in [0.3, 0.4) is 0 Å². The van der Waals surface area contributed by atoms with E-state index in [1.807, 2.05) is 0 Å². The van der Waals surface area contributed by atoms with Crippen LogP contribution >= 0.6 is 15.9 Å². The van der Waals surface area contributed by atoms with Crippen molar-refractivity contribution in [2.24, 2.45) is 0 Å². The Morgan fingerprint density at radius 1 is 1.06 bits per heavy atom. The van der Waals surface area contributed by atoms with Crippen LogP contribution in [0.4, 0.5) is 0 Å². The third-order valence-corrected chi connectivity index (χ3v) is 3.07. The SMILES string of the molecule is CCC(=O)OC1CCC(OC(=O)CBr)CC1. The van der Waals surface area contributed by atoms with Gasteiger partial charge in [-0.25, -0.2) is 0 Å². The second-order valence-corrected chi connectivity index (χ2v) is 4.43. The van der Waals surface area contributed by atoms with Gasteiger partial charge >= 0.3 is 11.9 Å². The Labute approximate surface area is 104 Å². The number of ether oxygens (including phenoxy) is 2. The first kappa shape index (κ1) is 13.5. The topological polar surface area (TPSA) is 52.6 Å². The van der Waals surface area contributed by atoms with Gasteiger partial charge in [0.25, 0.3) is 0 Å². The molecule has 1 saturated carbocycles. The van der Waals surface area contributed by atoms with Crippen molar-refractivity contribution in [3.05, 3.63) is 0 Å². The second kappa shape index (κ2) is 6.89. The first-order chi connectivity index (χ1) is 7.65. The summed E-state index contributed by atoms with van der Waals surface area (Å²) >= 11 is 3.05. The van der Waals surface area contributed by atoms with Crippen molar-refractivity contribution in [3.63, 3.8) is 0 Å². The molecule has 16 heavy (non-hydrogen) atoms. The average molecular weight is 293 g/mol. The predicted octanol–water partition coefficient (Wildman–Crippen LogP) is 2.19. The fraction of sp³-hybridized carbons (Fsp3) is 0.818. The van der Waals surface area contributed by atoms with Crippen LogP contribution in [0.1, 0.15) is 39.0 Å². The van der Waals surface area contributed by atoms with Crippen LogP contribution in [0, 0.1) is 0 Å². The predicted molar refractivity (Wildman–Crippen MR) is 62.3 cm³/mol. The van der Waals surface area contributed by atoms with Crippen molar-refractivity contribution in [1.82, 2.24) is 0 Å². The van der Waals surface area contributed by atoms with Gasteiger partial charge in [-0.05, 0) is 25.7 Å². The van der Waals surface area contributed by atoms with Gasteiger partial charge < -0.3 is 9.47 Å². The van der Waals surface area contributed by atoms with E-state index in [0.29, 0.717) is 6.42 Å². The van der Waals surface area contributed by atoms with Gasteiger partial charge in [0.1, 0.15) is 17.5 Å². The zero-order valence-corrected chi connectivity index (χ0v) is 11.0. The Morgan fingerprint density at radius 3 is 1.88 bits per heavy atom. The van der Waals surface area contributed by atoms with Crippen LogP contribution in [-0.4, -0.2) is 29.5 Å². The van der Waals surface area contributed by atoms with Gasteiger partial charge in [0.15, 0.2) is 0 Å². The number of halogens is 1. The maximum atomic E-state index is 11.1. The minimum Gasteiger partial charge on any atom is -0.462 e. The van der Waals surface area contributed by atoms with E-state index in [1.54, 1.807) is 6.92 Å². The van der Waals surface area contributed by atoms with Crippen molar-refractivity contribution in [1.29, 1.82) is 0 Å². The molecule has 0 aliphatic heterocycles. The Bertz CT molecular complexity index is 220. The molecule has 0 spiro atoms. The molecular formula is C11H17BrO4. The number of alkyl halides is 1. The fourth-order valence-electron chi connectivity index (χ4n) is 1.75. The quantitative estimate of drug-likeness (QED) is 0.589. The molecule has 0 unspecified atom stereocenters. The highest BCUT2D eigenvalue weighted by Crippen LogP contribution is 2.24. The Kier molecular flexibility index (Phi) is 5.80. The molecular weight excluding hydrogens is 276 g/mol. The number of rotatable bonds is 4. The lowest BCUT2D eigenvalue weighted by Crippen LogP contribution is -2.29. The molecule has 1 fully saturated rings. The summed E-state index contributed by atoms with van der Waals surface area (Å²) in [5, 5.41) is 0.234. The maximum absolute atomic E-state index is 11.1. The van der Waals surface area contributed by atoms with E-state index in [4.69, 9.17) is 9.47 Å². The zero-order valence-electron chi connectivity index (χ0n) is 9.41. The maximum Gasteiger partial charge on any atom is 0.316 e. The van der Waals surface area contributed by atoms with E-state index in [1.165, 1.54) is 0 Å². The van der Waals surface area contributed by atoms with Crippen LogP contribution in [0.25, 0.3) is 0 Å². The number of carbonyl (C=O) groups is 2. The number of carbonyl (C=O) groups excluding carboxylic acids is 2. The minimum absolute atomic E-state index is 0.00590. The molecule has 1 aliphatic carbocycles. The van der Waals surface area contributed by atoms with Crippen molar-refractivity contribution < 1.29 is 19.1 Å². The van der Waals surface area contributed by atoms with Gasteiger partial charge in [-0.15, -0.1) is 0 Å². The van der Waals surface area contributed by atoms with Gasteiger partial charge in [-0.3, -0.25) is 9.59 Å². The zero-order chi connectivity index (χ0) is 12.0. The van der Waals surface area contributed by atoms with Crippen molar-refractivity contribution in [3.8, 4) is 0 Å². The van der Waals surface area contributed by atoms with Crippen molar-refractivity contribution >= 4 is 27.9 Å². The second-order valence-electron chi connectivity index (χ2n) is 3.87.